The average molecular weight is 549 g/mol. The van der Waals surface area contributed by atoms with Gasteiger partial charge in [-0.2, -0.15) is 0 Å². The molecule has 1 aliphatic rings. The summed E-state index contributed by atoms with van der Waals surface area (Å²) >= 11 is 0. The summed E-state index contributed by atoms with van der Waals surface area (Å²) in [6.45, 7) is 8.34. The summed E-state index contributed by atoms with van der Waals surface area (Å²) in [5.74, 6) is 1.47. The summed E-state index contributed by atoms with van der Waals surface area (Å²) in [6.07, 6.45) is 2.94. The maximum Gasteiger partial charge on any atom is 0.306 e. The van der Waals surface area contributed by atoms with Crippen LogP contribution in [0.25, 0.3) is 11.1 Å². The summed E-state index contributed by atoms with van der Waals surface area (Å²) < 4.78 is 31.7. The lowest BCUT2D eigenvalue weighted by atomic mass is 9.81. The molecule has 1 aliphatic carbocycles. The molecule has 0 bridgehead atoms. The minimum atomic E-state index is -0.831. The maximum atomic E-state index is 14.9. The van der Waals surface area contributed by atoms with E-state index in [-0.39, 0.29) is 24.3 Å². The van der Waals surface area contributed by atoms with Gasteiger partial charge in [-0.15, -0.1) is 0 Å². The van der Waals surface area contributed by atoms with Crippen molar-refractivity contribution in [3.63, 3.8) is 0 Å². The zero-order chi connectivity index (χ0) is 28.9. The number of esters is 1. The number of benzene rings is 3. The van der Waals surface area contributed by atoms with Gasteiger partial charge < -0.3 is 19.3 Å². The standard InChI is InChI=1S/C34H41FO5/c1-6-39-32(36)19-25(16-22-10-11-22)24-8-7-9-27(18-24)40-21-23-12-14-28(30(17-23)33(37)34(2,3)4)29-20-26(38-5)13-15-31(29)35/h7-9,12-15,17-18,20,22,25,33,37H,6,10-11,16,19,21H2,1-5H3/t25-,33-/m1/s1. The highest BCUT2D eigenvalue weighted by molar-refractivity contribution is 5.71. The van der Waals surface area contributed by atoms with Crippen molar-refractivity contribution in [1.29, 1.82) is 0 Å². The molecule has 5 nitrogen and oxygen atoms in total. The van der Waals surface area contributed by atoms with Crippen molar-refractivity contribution >= 4 is 5.97 Å². The molecular formula is C34H41FO5. The van der Waals surface area contributed by atoms with Gasteiger partial charge in [0.25, 0.3) is 0 Å². The van der Waals surface area contributed by atoms with Crippen LogP contribution in [0.1, 0.15) is 82.1 Å². The van der Waals surface area contributed by atoms with Gasteiger partial charge in [-0.3, -0.25) is 4.79 Å². The van der Waals surface area contributed by atoms with E-state index < -0.39 is 11.5 Å². The third-order valence-electron chi connectivity index (χ3n) is 7.46. The molecule has 3 aromatic rings. The van der Waals surface area contributed by atoms with E-state index in [0.717, 1.165) is 17.5 Å². The molecule has 0 saturated heterocycles. The third kappa shape index (κ3) is 7.63. The van der Waals surface area contributed by atoms with E-state index in [2.05, 4.69) is 6.07 Å². The molecule has 0 heterocycles. The smallest absolute Gasteiger partial charge is 0.306 e. The summed E-state index contributed by atoms with van der Waals surface area (Å²) in [4.78, 5) is 12.3. The van der Waals surface area contributed by atoms with Crippen LogP contribution in [-0.4, -0.2) is 24.8 Å². The number of aliphatic hydroxyl groups excluding tert-OH is 1. The predicted molar refractivity (Wildman–Crippen MR) is 155 cm³/mol. The fourth-order valence-electron chi connectivity index (χ4n) is 5.02. The zero-order valence-electron chi connectivity index (χ0n) is 24.2. The topological polar surface area (TPSA) is 65.0 Å². The summed E-state index contributed by atoms with van der Waals surface area (Å²) in [7, 11) is 1.54. The number of aliphatic hydroxyl groups is 1. The Labute approximate surface area is 237 Å². The molecule has 0 aromatic heterocycles. The lowest BCUT2D eigenvalue weighted by Gasteiger charge is -2.28. The molecule has 214 valence electrons. The highest BCUT2D eigenvalue weighted by Gasteiger charge is 2.29. The molecule has 2 atom stereocenters. The van der Waals surface area contributed by atoms with Gasteiger partial charge in [0.15, 0.2) is 0 Å². The van der Waals surface area contributed by atoms with Crippen LogP contribution >= 0.6 is 0 Å². The Morgan fingerprint density at radius 2 is 1.80 bits per heavy atom. The highest BCUT2D eigenvalue weighted by Crippen LogP contribution is 2.42. The van der Waals surface area contributed by atoms with E-state index in [1.165, 1.54) is 18.9 Å². The second-order valence-electron chi connectivity index (χ2n) is 11.8. The van der Waals surface area contributed by atoms with Gasteiger partial charge in [0.05, 0.1) is 26.2 Å². The van der Waals surface area contributed by atoms with E-state index >= 15 is 0 Å². The van der Waals surface area contributed by atoms with Crippen LogP contribution in [-0.2, 0) is 16.1 Å². The van der Waals surface area contributed by atoms with Gasteiger partial charge in [-0.25, -0.2) is 4.39 Å². The van der Waals surface area contributed by atoms with Crippen molar-refractivity contribution < 1.29 is 28.5 Å². The maximum absolute atomic E-state index is 14.9. The van der Waals surface area contributed by atoms with Gasteiger partial charge in [-0.05, 0) is 89.2 Å². The van der Waals surface area contributed by atoms with Gasteiger partial charge in [0.2, 0.25) is 0 Å². The third-order valence-corrected chi connectivity index (χ3v) is 7.46. The van der Waals surface area contributed by atoms with Crippen LogP contribution in [0, 0.1) is 17.2 Å². The number of rotatable bonds is 12. The van der Waals surface area contributed by atoms with Crippen LogP contribution in [0.15, 0.2) is 60.7 Å². The van der Waals surface area contributed by atoms with Crippen molar-refractivity contribution in [2.45, 2.75) is 72.0 Å². The summed E-state index contributed by atoms with van der Waals surface area (Å²) in [5.41, 5.74) is 3.09. The molecule has 1 fully saturated rings. The summed E-state index contributed by atoms with van der Waals surface area (Å²) in [6, 6.07) is 18.2. The van der Waals surface area contributed by atoms with E-state index in [1.54, 1.807) is 19.2 Å². The number of methoxy groups -OCH3 is 1. The fraction of sp³-hybridized carbons (Fsp3) is 0.441. The predicted octanol–water partition coefficient (Wildman–Crippen LogP) is 8.00. The van der Waals surface area contributed by atoms with Crippen molar-refractivity contribution in [2.24, 2.45) is 11.3 Å². The monoisotopic (exact) mass is 548 g/mol. The molecule has 4 rings (SSSR count). The average Bonchev–Trinajstić information content (AvgIpc) is 3.75. The number of ether oxygens (including phenoxy) is 3. The number of hydrogen-bond acceptors (Lipinski definition) is 5. The number of carbonyl (C=O) groups is 1. The summed E-state index contributed by atoms with van der Waals surface area (Å²) in [5, 5.41) is 11.3. The molecule has 0 unspecified atom stereocenters. The molecule has 6 heteroatoms. The number of carbonyl (C=O) groups excluding carboxylic acids is 1. The normalized spacial score (nSPS) is 14.9. The van der Waals surface area contributed by atoms with Crippen LogP contribution in [0.4, 0.5) is 4.39 Å². The Morgan fingerprint density at radius 1 is 1.02 bits per heavy atom. The molecule has 1 saturated carbocycles. The van der Waals surface area contributed by atoms with Crippen molar-refractivity contribution in [1.82, 2.24) is 0 Å². The Bertz CT molecular complexity index is 1310. The first kappa shape index (κ1) is 29.6. The van der Waals surface area contributed by atoms with Crippen LogP contribution < -0.4 is 9.47 Å². The Kier molecular flexibility index (Phi) is 9.52. The SMILES string of the molecule is CCOC(=O)C[C@@H](CC1CC1)c1cccc(OCc2ccc(-c3cc(OC)ccc3F)c([C@@H](O)C(C)(C)C)c2)c1. The molecule has 0 spiro atoms. The zero-order valence-corrected chi connectivity index (χ0v) is 24.2. The van der Waals surface area contributed by atoms with Crippen molar-refractivity contribution in [2.75, 3.05) is 13.7 Å². The number of hydrogen-bond donors (Lipinski definition) is 1. The van der Waals surface area contributed by atoms with Gasteiger partial charge in [0, 0.05) is 5.56 Å². The van der Waals surface area contributed by atoms with Crippen molar-refractivity contribution in [3.8, 4) is 22.6 Å². The Hall–Kier alpha value is -3.38. The van der Waals surface area contributed by atoms with Crippen LogP contribution in [0.5, 0.6) is 11.5 Å². The van der Waals surface area contributed by atoms with Gasteiger partial charge >= 0.3 is 5.97 Å². The molecule has 0 radical (unpaired) electrons. The minimum absolute atomic E-state index is 0.0979. The van der Waals surface area contributed by atoms with Crippen molar-refractivity contribution in [3.05, 3.63) is 83.2 Å². The molecule has 40 heavy (non-hydrogen) atoms. The molecule has 1 N–H and O–H groups in total. The van der Waals surface area contributed by atoms with E-state index in [1.807, 2.05) is 64.1 Å². The van der Waals surface area contributed by atoms with E-state index in [0.29, 0.717) is 47.1 Å². The molecular weight excluding hydrogens is 507 g/mol. The Morgan fingerprint density at radius 3 is 2.48 bits per heavy atom. The lowest BCUT2D eigenvalue weighted by molar-refractivity contribution is -0.143. The first-order valence-corrected chi connectivity index (χ1v) is 14.1. The minimum Gasteiger partial charge on any atom is -0.497 e. The molecule has 3 aromatic carbocycles. The largest absolute Gasteiger partial charge is 0.497 e. The van der Waals surface area contributed by atoms with Crippen LogP contribution in [0.3, 0.4) is 0 Å². The Balaban J connectivity index is 1.58. The van der Waals surface area contributed by atoms with E-state index in [4.69, 9.17) is 14.2 Å². The molecule has 0 amide bonds. The van der Waals surface area contributed by atoms with Crippen LogP contribution in [0.2, 0.25) is 0 Å². The second-order valence-corrected chi connectivity index (χ2v) is 11.8. The van der Waals surface area contributed by atoms with Gasteiger partial charge in [-0.1, -0.05) is 57.9 Å². The highest BCUT2D eigenvalue weighted by atomic mass is 19.1. The second kappa shape index (κ2) is 12.9. The quantitative estimate of drug-likeness (QED) is 0.232. The van der Waals surface area contributed by atoms with Gasteiger partial charge in [0.1, 0.15) is 23.9 Å². The lowest BCUT2D eigenvalue weighted by Crippen LogP contribution is -2.19. The first-order valence-electron chi connectivity index (χ1n) is 14.1. The first-order chi connectivity index (χ1) is 19.1. The van der Waals surface area contributed by atoms with E-state index in [9.17, 15) is 14.3 Å². The molecule has 0 aliphatic heterocycles. The number of halogens is 1. The fourth-order valence-corrected chi connectivity index (χ4v) is 5.02.